The fraction of sp³-hybridized carbons (Fsp3) is 0.533. The predicted octanol–water partition coefficient (Wildman–Crippen LogP) is 1.86. The zero-order valence-corrected chi connectivity index (χ0v) is 12.9. The van der Waals surface area contributed by atoms with Crippen LogP contribution in [0.25, 0.3) is 0 Å². The summed E-state index contributed by atoms with van der Waals surface area (Å²) in [5.74, 6) is 0.962. The van der Waals surface area contributed by atoms with Crippen LogP contribution < -0.4 is 10.5 Å². The number of methoxy groups -OCH3 is 1. The topological polar surface area (TPSA) is 55.6 Å². The van der Waals surface area contributed by atoms with Gasteiger partial charge in [0.25, 0.3) is 0 Å². The number of benzene rings is 1. The van der Waals surface area contributed by atoms with Gasteiger partial charge < -0.3 is 15.4 Å². The van der Waals surface area contributed by atoms with Crippen LogP contribution in [0.4, 0.5) is 0 Å². The molecule has 0 saturated carbocycles. The van der Waals surface area contributed by atoms with E-state index in [-0.39, 0.29) is 23.7 Å². The summed E-state index contributed by atoms with van der Waals surface area (Å²) >= 11 is 0. The van der Waals surface area contributed by atoms with Crippen LogP contribution in [0.15, 0.2) is 24.3 Å². The van der Waals surface area contributed by atoms with Crippen LogP contribution >= 0.6 is 12.4 Å². The quantitative estimate of drug-likeness (QED) is 0.923. The summed E-state index contributed by atoms with van der Waals surface area (Å²) in [6.07, 6.45) is 1.42. The molecule has 1 heterocycles. The van der Waals surface area contributed by atoms with Crippen molar-refractivity contribution in [3.63, 3.8) is 0 Å². The van der Waals surface area contributed by atoms with Crippen LogP contribution in [0, 0.1) is 5.41 Å². The number of rotatable bonds is 4. The second kappa shape index (κ2) is 6.95. The van der Waals surface area contributed by atoms with E-state index in [1.807, 2.05) is 29.2 Å². The standard InChI is InChI=1S/C15H22N2O2.ClH/c1-15(10-16)6-7-17(11-15)14(18)9-12-4-3-5-13(8-12)19-2;/h3-5,8H,6-7,9-11,16H2,1-2H3;1H. The van der Waals surface area contributed by atoms with E-state index in [2.05, 4.69) is 6.92 Å². The average Bonchev–Trinajstić information content (AvgIpc) is 2.82. The first-order valence-electron chi connectivity index (χ1n) is 6.67. The molecule has 0 aromatic heterocycles. The van der Waals surface area contributed by atoms with Gasteiger partial charge in [0.1, 0.15) is 5.75 Å². The largest absolute Gasteiger partial charge is 0.497 e. The highest BCUT2D eigenvalue weighted by Crippen LogP contribution is 2.28. The molecular weight excluding hydrogens is 276 g/mol. The minimum absolute atomic E-state index is 0. The molecule has 5 heteroatoms. The van der Waals surface area contributed by atoms with Crippen molar-refractivity contribution in [1.82, 2.24) is 4.90 Å². The molecule has 1 fully saturated rings. The number of likely N-dealkylation sites (tertiary alicyclic amines) is 1. The summed E-state index contributed by atoms with van der Waals surface area (Å²) in [4.78, 5) is 14.2. The summed E-state index contributed by atoms with van der Waals surface area (Å²) in [6.45, 7) is 4.37. The van der Waals surface area contributed by atoms with Crippen molar-refractivity contribution in [3.8, 4) is 5.75 Å². The lowest BCUT2D eigenvalue weighted by Crippen LogP contribution is -2.35. The minimum Gasteiger partial charge on any atom is -0.497 e. The van der Waals surface area contributed by atoms with E-state index in [1.165, 1.54) is 0 Å². The molecule has 1 aliphatic rings. The van der Waals surface area contributed by atoms with Crippen LogP contribution in [-0.4, -0.2) is 37.6 Å². The molecule has 1 aromatic carbocycles. The van der Waals surface area contributed by atoms with Gasteiger partial charge in [0.05, 0.1) is 13.5 Å². The molecule has 1 aromatic rings. The number of halogens is 1. The molecular formula is C15H23ClN2O2. The van der Waals surface area contributed by atoms with Crippen molar-refractivity contribution < 1.29 is 9.53 Å². The molecule has 1 saturated heterocycles. The Balaban J connectivity index is 0.00000200. The van der Waals surface area contributed by atoms with Crippen LogP contribution in [0.1, 0.15) is 18.9 Å². The monoisotopic (exact) mass is 298 g/mol. The second-order valence-electron chi connectivity index (χ2n) is 5.61. The number of ether oxygens (including phenoxy) is 1. The SMILES string of the molecule is COc1cccc(CC(=O)N2CCC(C)(CN)C2)c1.Cl. The van der Waals surface area contributed by atoms with Crippen molar-refractivity contribution in [2.24, 2.45) is 11.1 Å². The summed E-state index contributed by atoms with van der Waals surface area (Å²) in [7, 11) is 1.63. The Morgan fingerprint density at radius 1 is 1.50 bits per heavy atom. The fourth-order valence-electron chi connectivity index (χ4n) is 2.47. The second-order valence-corrected chi connectivity index (χ2v) is 5.61. The summed E-state index contributed by atoms with van der Waals surface area (Å²) in [5.41, 5.74) is 6.85. The van der Waals surface area contributed by atoms with Crippen LogP contribution in [0.5, 0.6) is 5.75 Å². The number of carbonyl (C=O) groups is 1. The molecule has 0 aliphatic carbocycles. The highest BCUT2D eigenvalue weighted by Gasteiger charge is 2.34. The maximum atomic E-state index is 12.3. The molecule has 0 bridgehead atoms. The zero-order valence-electron chi connectivity index (χ0n) is 12.1. The molecule has 4 nitrogen and oxygen atoms in total. The Hall–Kier alpha value is -1.26. The Labute approximate surface area is 126 Å². The third-order valence-electron chi connectivity index (χ3n) is 3.89. The average molecular weight is 299 g/mol. The number of amides is 1. The predicted molar refractivity (Wildman–Crippen MR) is 82.3 cm³/mol. The van der Waals surface area contributed by atoms with Crippen molar-refractivity contribution in [3.05, 3.63) is 29.8 Å². The third kappa shape index (κ3) is 3.87. The van der Waals surface area contributed by atoms with Gasteiger partial charge in [-0.05, 0) is 36.1 Å². The first-order valence-corrected chi connectivity index (χ1v) is 6.67. The van der Waals surface area contributed by atoms with Crippen LogP contribution in [-0.2, 0) is 11.2 Å². The highest BCUT2D eigenvalue weighted by atomic mass is 35.5. The lowest BCUT2D eigenvalue weighted by Gasteiger charge is -2.22. The Morgan fingerprint density at radius 2 is 2.25 bits per heavy atom. The van der Waals surface area contributed by atoms with Crippen molar-refractivity contribution in [2.45, 2.75) is 19.8 Å². The van der Waals surface area contributed by atoms with E-state index in [0.29, 0.717) is 13.0 Å². The van der Waals surface area contributed by atoms with Gasteiger partial charge in [-0.15, -0.1) is 12.4 Å². The summed E-state index contributed by atoms with van der Waals surface area (Å²) in [5, 5.41) is 0. The molecule has 1 aliphatic heterocycles. The van der Waals surface area contributed by atoms with Crippen LogP contribution in [0.2, 0.25) is 0 Å². The Kier molecular flexibility index (Phi) is 5.84. The molecule has 2 N–H and O–H groups in total. The van der Waals surface area contributed by atoms with E-state index in [9.17, 15) is 4.79 Å². The first-order chi connectivity index (χ1) is 9.06. The molecule has 112 valence electrons. The fourth-order valence-corrected chi connectivity index (χ4v) is 2.47. The van der Waals surface area contributed by atoms with Crippen molar-refractivity contribution in [1.29, 1.82) is 0 Å². The van der Waals surface area contributed by atoms with Crippen LogP contribution in [0.3, 0.4) is 0 Å². The van der Waals surface area contributed by atoms with E-state index in [1.54, 1.807) is 7.11 Å². The highest BCUT2D eigenvalue weighted by molar-refractivity contribution is 5.85. The van der Waals surface area contributed by atoms with Gasteiger partial charge in [-0.3, -0.25) is 4.79 Å². The van der Waals surface area contributed by atoms with E-state index in [4.69, 9.17) is 10.5 Å². The van der Waals surface area contributed by atoms with Gasteiger partial charge >= 0.3 is 0 Å². The number of carbonyl (C=O) groups excluding carboxylic acids is 1. The van der Waals surface area contributed by atoms with Gasteiger partial charge in [-0.1, -0.05) is 19.1 Å². The third-order valence-corrected chi connectivity index (χ3v) is 3.89. The summed E-state index contributed by atoms with van der Waals surface area (Å²) in [6, 6.07) is 7.67. The lowest BCUT2D eigenvalue weighted by atomic mass is 9.90. The minimum atomic E-state index is 0. The van der Waals surface area contributed by atoms with Crippen molar-refractivity contribution >= 4 is 18.3 Å². The van der Waals surface area contributed by atoms with Gasteiger partial charge in [-0.25, -0.2) is 0 Å². The molecule has 20 heavy (non-hydrogen) atoms. The smallest absolute Gasteiger partial charge is 0.227 e. The van der Waals surface area contributed by atoms with E-state index >= 15 is 0 Å². The van der Waals surface area contributed by atoms with Crippen molar-refractivity contribution in [2.75, 3.05) is 26.7 Å². The van der Waals surface area contributed by atoms with Gasteiger partial charge in [0, 0.05) is 13.1 Å². The van der Waals surface area contributed by atoms with Gasteiger partial charge in [0.15, 0.2) is 0 Å². The number of nitrogens with zero attached hydrogens (tertiary/aromatic N) is 1. The molecule has 1 amide bonds. The number of nitrogens with two attached hydrogens (primary N) is 1. The molecule has 0 radical (unpaired) electrons. The zero-order chi connectivity index (χ0) is 13.9. The van der Waals surface area contributed by atoms with E-state index in [0.717, 1.165) is 30.8 Å². The maximum absolute atomic E-state index is 12.3. The maximum Gasteiger partial charge on any atom is 0.227 e. The lowest BCUT2D eigenvalue weighted by molar-refractivity contribution is -0.129. The van der Waals surface area contributed by atoms with Gasteiger partial charge in [0.2, 0.25) is 5.91 Å². The first kappa shape index (κ1) is 16.8. The Morgan fingerprint density at radius 3 is 2.85 bits per heavy atom. The molecule has 2 rings (SSSR count). The number of hydrogen-bond donors (Lipinski definition) is 1. The molecule has 1 unspecified atom stereocenters. The normalized spacial score (nSPS) is 21.4. The summed E-state index contributed by atoms with van der Waals surface area (Å²) < 4.78 is 5.17. The Bertz CT molecular complexity index is 467. The van der Waals surface area contributed by atoms with Gasteiger partial charge in [-0.2, -0.15) is 0 Å². The molecule has 1 atom stereocenters. The molecule has 0 spiro atoms. The number of hydrogen-bond acceptors (Lipinski definition) is 3. The van der Waals surface area contributed by atoms with E-state index < -0.39 is 0 Å².